The SMILES string of the molecule is CN(C)CCCCN(C)C.[Au].[Au].[C-]#Cc1ccc2c(c1)Cc1ccccc1-2.[C-]#Cc1ccc2c(c1)Cc1ccccc1-2. The third-order valence-electron chi connectivity index (χ3n) is 7.34. The molecule has 2 aliphatic rings. The summed E-state index contributed by atoms with van der Waals surface area (Å²) in [5.74, 6) is 4.87. The van der Waals surface area contributed by atoms with E-state index in [4.69, 9.17) is 12.8 Å². The van der Waals surface area contributed by atoms with Gasteiger partial charge in [-0.15, -0.1) is 35.4 Å². The van der Waals surface area contributed by atoms with E-state index in [-0.39, 0.29) is 44.8 Å². The van der Waals surface area contributed by atoms with E-state index in [9.17, 15) is 0 Å². The number of fused-ring (bicyclic) bond motifs is 6. The topological polar surface area (TPSA) is 6.48 Å². The molecule has 2 nitrogen and oxygen atoms in total. The summed E-state index contributed by atoms with van der Waals surface area (Å²) in [5, 5.41) is 0. The predicted molar refractivity (Wildman–Crippen MR) is 168 cm³/mol. The first-order chi connectivity index (χ1) is 19.4. The Labute approximate surface area is 284 Å². The Bertz CT molecular complexity index is 1420. The van der Waals surface area contributed by atoms with Gasteiger partial charge in [0.15, 0.2) is 0 Å². The fraction of sp³-hybridized carbons (Fsp3) is 0.263. The molecule has 4 aromatic carbocycles. The van der Waals surface area contributed by atoms with Crippen molar-refractivity contribution in [2.45, 2.75) is 25.7 Å². The summed E-state index contributed by atoms with van der Waals surface area (Å²) in [7, 11) is 8.48. The maximum absolute atomic E-state index is 7.12. The smallest absolute Gasteiger partial charge is 0 e. The van der Waals surface area contributed by atoms with Crippen molar-refractivity contribution >= 4 is 0 Å². The van der Waals surface area contributed by atoms with Crippen LogP contribution in [0.2, 0.25) is 0 Å². The van der Waals surface area contributed by atoms with E-state index in [1.54, 1.807) is 0 Å². The monoisotopic (exact) mass is 916 g/mol. The molecule has 4 aromatic rings. The average molecular weight is 917 g/mol. The summed E-state index contributed by atoms with van der Waals surface area (Å²) in [4.78, 5) is 4.46. The van der Waals surface area contributed by atoms with Gasteiger partial charge in [-0.2, -0.15) is 0 Å². The van der Waals surface area contributed by atoms with E-state index < -0.39 is 0 Å². The third-order valence-corrected chi connectivity index (χ3v) is 7.34. The summed E-state index contributed by atoms with van der Waals surface area (Å²) in [5.41, 5.74) is 12.4. The van der Waals surface area contributed by atoms with Gasteiger partial charge in [0.2, 0.25) is 0 Å². The van der Waals surface area contributed by atoms with Crippen LogP contribution in [0.25, 0.3) is 22.3 Å². The summed E-state index contributed by atoms with van der Waals surface area (Å²) in [6.07, 6.45) is 18.8. The second-order valence-electron chi connectivity index (χ2n) is 11.0. The van der Waals surface area contributed by atoms with Crippen LogP contribution in [0.3, 0.4) is 0 Å². The van der Waals surface area contributed by atoms with Gasteiger partial charge in [-0.05, 0) is 100 Å². The fourth-order valence-corrected chi connectivity index (χ4v) is 5.30. The van der Waals surface area contributed by atoms with E-state index in [0.29, 0.717) is 0 Å². The van der Waals surface area contributed by atoms with Crippen molar-refractivity contribution in [1.82, 2.24) is 9.80 Å². The molecule has 0 saturated carbocycles. The number of unbranched alkanes of at least 4 members (excludes halogenated alkanes) is 1. The van der Waals surface area contributed by atoms with Gasteiger partial charge in [-0.25, -0.2) is 0 Å². The molecule has 42 heavy (non-hydrogen) atoms. The van der Waals surface area contributed by atoms with Crippen LogP contribution >= 0.6 is 0 Å². The molecule has 6 rings (SSSR count). The van der Waals surface area contributed by atoms with Gasteiger partial charge in [-0.1, -0.05) is 71.8 Å². The van der Waals surface area contributed by atoms with Gasteiger partial charge in [0.1, 0.15) is 0 Å². The molecule has 0 aliphatic heterocycles. The molecule has 0 N–H and O–H groups in total. The van der Waals surface area contributed by atoms with Crippen molar-refractivity contribution in [3.8, 4) is 34.1 Å². The molecule has 0 saturated heterocycles. The average Bonchev–Trinajstić information content (AvgIpc) is 3.53. The van der Waals surface area contributed by atoms with Crippen molar-refractivity contribution in [1.29, 1.82) is 0 Å². The van der Waals surface area contributed by atoms with Gasteiger partial charge in [-0.3, -0.25) is 11.8 Å². The molecule has 0 spiro atoms. The Morgan fingerprint density at radius 1 is 0.524 bits per heavy atom. The molecule has 0 fully saturated rings. The van der Waals surface area contributed by atoms with Gasteiger partial charge >= 0.3 is 0 Å². The Hall–Kier alpha value is -2.60. The van der Waals surface area contributed by atoms with E-state index in [0.717, 1.165) is 24.0 Å². The minimum atomic E-state index is 0. The molecule has 0 amide bonds. The van der Waals surface area contributed by atoms with Crippen LogP contribution in [0.15, 0.2) is 84.9 Å². The summed E-state index contributed by atoms with van der Waals surface area (Å²) < 4.78 is 0. The Balaban J connectivity index is 0.000000221. The van der Waals surface area contributed by atoms with Crippen molar-refractivity contribution in [3.05, 3.63) is 131 Å². The zero-order chi connectivity index (χ0) is 28.5. The molecular weight excluding hydrogens is 878 g/mol. The summed E-state index contributed by atoms with van der Waals surface area (Å²) in [6, 6.07) is 29.2. The Kier molecular flexibility index (Phi) is 14.8. The van der Waals surface area contributed by atoms with Gasteiger partial charge in [0.25, 0.3) is 0 Å². The van der Waals surface area contributed by atoms with Crippen molar-refractivity contribution in [2.75, 3.05) is 41.3 Å². The first kappa shape index (κ1) is 35.6. The van der Waals surface area contributed by atoms with Gasteiger partial charge in [0, 0.05) is 44.8 Å². The van der Waals surface area contributed by atoms with Crippen molar-refractivity contribution < 1.29 is 44.8 Å². The molecular formula is C38H38Au2N2-2. The molecule has 0 aromatic heterocycles. The zero-order valence-electron chi connectivity index (χ0n) is 24.8. The van der Waals surface area contributed by atoms with Crippen LogP contribution in [-0.2, 0) is 57.6 Å². The van der Waals surface area contributed by atoms with Gasteiger partial charge < -0.3 is 22.6 Å². The minimum absolute atomic E-state index is 0. The third kappa shape index (κ3) is 9.45. The first-order valence-electron chi connectivity index (χ1n) is 14.0. The normalized spacial score (nSPS) is 11.0. The first-order valence-corrected chi connectivity index (χ1v) is 14.0. The second kappa shape index (κ2) is 17.5. The van der Waals surface area contributed by atoms with Crippen LogP contribution in [-0.4, -0.2) is 51.1 Å². The number of benzene rings is 4. The Morgan fingerprint density at radius 2 is 0.881 bits per heavy atom. The van der Waals surface area contributed by atoms with E-state index >= 15 is 0 Å². The van der Waals surface area contributed by atoms with Crippen LogP contribution in [0.5, 0.6) is 0 Å². The predicted octanol–water partition coefficient (Wildman–Crippen LogP) is 7.28. The van der Waals surface area contributed by atoms with Crippen molar-refractivity contribution in [2.24, 2.45) is 0 Å². The Morgan fingerprint density at radius 3 is 1.24 bits per heavy atom. The molecule has 2 aliphatic carbocycles. The quantitative estimate of drug-likeness (QED) is 0.0778. The molecule has 0 heterocycles. The van der Waals surface area contributed by atoms with Gasteiger partial charge in [0.05, 0.1) is 0 Å². The number of rotatable bonds is 5. The largest absolute Gasteiger partial charge is 0.366 e. The van der Waals surface area contributed by atoms with Crippen molar-refractivity contribution in [3.63, 3.8) is 0 Å². The number of hydrogen-bond donors (Lipinski definition) is 0. The molecule has 4 heteroatoms. The van der Waals surface area contributed by atoms with E-state index in [2.05, 4.69) is 123 Å². The molecule has 0 atom stereocenters. The number of nitrogens with zero attached hydrogens (tertiary/aromatic N) is 2. The standard InChI is InChI=1S/2C15H9.C8H20N2.2Au/c2*1-2-11-7-8-15-13(9-11)10-12-5-3-4-6-14(12)15;1-9(2)7-5-6-8-10(3)4;;/h2*3-9H,10H2;5-8H2,1-4H3;;/q2*-1;;;. The maximum Gasteiger partial charge on any atom is 0 e. The van der Waals surface area contributed by atoms with Crippen LogP contribution in [0.1, 0.15) is 46.2 Å². The van der Waals surface area contributed by atoms with E-state index in [1.165, 1.54) is 70.4 Å². The number of hydrogen-bond acceptors (Lipinski definition) is 2. The summed E-state index contributed by atoms with van der Waals surface area (Å²) in [6.45, 7) is 2.43. The molecule has 224 valence electrons. The second-order valence-corrected chi connectivity index (χ2v) is 11.0. The van der Waals surface area contributed by atoms with E-state index in [1.807, 2.05) is 12.1 Å². The summed E-state index contributed by atoms with van der Waals surface area (Å²) >= 11 is 0. The van der Waals surface area contributed by atoms with Crippen LogP contribution in [0, 0.1) is 24.7 Å². The maximum atomic E-state index is 7.12. The minimum Gasteiger partial charge on any atom is -0.366 e. The molecule has 0 bridgehead atoms. The molecule has 2 radical (unpaired) electrons. The molecule has 0 unspecified atom stereocenters. The zero-order valence-corrected chi connectivity index (χ0v) is 29.2. The van der Waals surface area contributed by atoms with Crippen LogP contribution in [0.4, 0.5) is 0 Å². The fourth-order valence-electron chi connectivity index (χ4n) is 5.30. The van der Waals surface area contributed by atoms with Crippen LogP contribution < -0.4 is 0 Å².